The van der Waals surface area contributed by atoms with Crippen molar-refractivity contribution in [3.8, 4) is 0 Å². The molecular formula is C14H28BN3O6. The molecule has 9 N–H and O–H groups in total. The largest absolute Gasteiger partial charge is 0.480 e. The SMILES string of the molecule is C[C@@H](O)[C@H](N)C(=O)NC[C@@H]1CC[C@@H](CCB(O)O)C[C@]1(N)C(=O)O. The van der Waals surface area contributed by atoms with Crippen LogP contribution in [0.1, 0.15) is 32.6 Å². The van der Waals surface area contributed by atoms with Gasteiger partial charge in [0.2, 0.25) is 5.91 Å². The molecule has 0 saturated heterocycles. The molecule has 24 heavy (non-hydrogen) atoms. The Kier molecular flexibility index (Phi) is 7.62. The molecule has 0 aromatic heterocycles. The average molecular weight is 345 g/mol. The van der Waals surface area contributed by atoms with E-state index in [2.05, 4.69) is 5.32 Å². The first-order chi connectivity index (χ1) is 11.1. The molecule has 1 saturated carbocycles. The first kappa shape index (κ1) is 20.8. The Hall–Kier alpha value is -1.20. The summed E-state index contributed by atoms with van der Waals surface area (Å²) in [5, 5.41) is 39.3. The van der Waals surface area contributed by atoms with Crippen molar-refractivity contribution in [3.63, 3.8) is 0 Å². The third kappa shape index (κ3) is 5.42. The summed E-state index contributed by atoms with van der Waals surface area (Å²) in [5.41, 5.74) is 10.2. The van der Waals surface area contributed by atoms with Crippen LogP contribution in [-0.2, 0) is 9.59 Å². The maximum atomic E-state index is 11.8. The Balaban J connectivity index is 2.67. The molecule has 1 aliphatic rings. The Labute approximate surface area is 141 Å². The molecule has 0 radical (unpaired) electrons. The van der Waals surface area contributed by atoms with E-state index in [1.807, 2.05) is 0 Å². The van der Waals surface area contributed by atoms with Gasteiger partial charge in [-0.25, -0.2) is 0 Å². The second-order valence-electron chi connectivity index (χ2n) is 6.76. The molecule has 0 aromatic carbocycles. The average Bonchev–Trinajstić information content (AvgIpc) is 2.50. The Morgan fingerprint density at radius 3 is 2.50 bits per heavy atom. The van der Waals surface area contributed by atoms with E-state index >= 15 is 0 Å². The van der Waals surface area contributed by atoms with Crippen LogP contribution in [-0.4, -0.2) is 63.5 Å². The van der Waals surface area contributed by atoms with Gasteiger partial charge in [-0.3, -0.25) is 9.59 Å². The summed E-state index contributed by atoms with van der Waals surface area (Å²) in [5.74, 6) is -2.17. The van der Waals surface area contributed by atoms with E-state index in [-0.39, 0.29) is 25.2 Å². The zero-order valence-electron chi connectivity index (χ0n) is 13.9. The molecule has 0 bridgehead atoms. The van der Waals surface area contributed by atoms with Crippen LogP contribution in [0.3, 0.4) is 0 Å². The molecule has 5 atom stereocenters. The second kappa shape index (κ2) is 8.77. The van der Waals surface area contributed by atoms with Crippen molar-refractivity contribution >= 4 is 19.0 Å². The highest BCUT2D eigenvalue weighted by Crippen LogP contribution is 2.38. The predicted molar refractivity (Wildman–Crippen MR) is 87.7 cm³/mol. The summed E-state index contributed by atoms with van der Waals surface area (Å²) in [6.07, 6.45) is 1.05. The topological polar surface area (TPSA) is 179 Å². The normalized spacial score (nSPS) is 29.6. The molecule has 1 fully saturated rings. The molecule has 0 heterocycles. The first-order valence-electron chi connectivity index (χ1n) is 8.17. The molecule has 0 aliphatic heterocycles. The van der Waals surface area contributed by atoms with Crippen molar-refractivity contribution in [1.29, 1.82) is 0 Å². The lowest BCUT2D eigenvalue weighted by Gasteiger charge is -2.41. The summed E-state index contributed by atoms with van der Waals surface area (Å²) >= 11 is 0. The lowest BCUT2D eigenvalue weighted by atomic mass is 9.66. The standard InChI is InChI=1S/C14H28BN3O6/c1-8(19)11(16)12(20)18-7-10-3-2-9(4-5-15(23)24)6-14(10,17)13(21)22/h8-11,19,23-24H,2-7,16-17H2,1H3,(H,18,20)(H,21,22)/t8-,9+,10+,11+,14-/m1/s1. The van der Waals surface area contributed by atoms with Crippen molar-refractivity contribution < 1.29 is 29.9 Å². The highest BCUT2D eigenvalue weighted by atomic mass is 16.4. The third-order valence-corrected chi connectivity index (χ3v) is 4.85. The van der Waals surface area contributed by atoms with Crippen LogP contribution in [0.5, 0.6) is 0 Å². The van der Waals surface area contributed by atoms with Crippen molar-refractivity contribution in [3.05, 3.63) is 0 Å². The van der Waals surface area contributed by atoms with Crippen molar-refractivity contribution in [2.75, 3.05) is 6.54 Å². The second-order valence-corrected chi connectivity index (χ2v) is 6.76. The maximum Gasteiger partial charge on any atom is 0.451 e. The number of nitrogens with one attached hydrogen (secondary N) is 1. The molecule has 1 rings (SSSR count). The van der Waals surface area contributed by atoms with Crippen LogP contribution in [0.25, 0.3) is 0 Å². The van der Waals surface area contributed by atoms with Crippen molar-refractivity contribution in [2.45, 2.75) is 56.6 Å². The van der Waals surface area contributed by atoms with Crippen LogP contribution < -0.4 is 16.8 Å². The van der Waals surface area contributed by atoms with E-state index in [1.54, 1.807) is 0 Å². The summed E-state index contributed by atoms with van der Waals surface area (Å²) < 4.78 is 0. The van der Waals surface area contributed by atoms with Gasteiger partial charge in [-0.2, -0.15) is 0 Å². The lowest BCUT2D eigenvalue weighted by Crippen LogP contribution is -2.60. The number of aliphatic hydroxyl groups is 1. The summed E-state index contributed by atoms with van der Waals surface area (Å²) in [6, 6.07) is -1.08. The van der Waals surface area contributed by atoms with Gasteiger partial charge in [-0.1, -0.05) is 6.42 Å². The number of carboxylic acid groups (broad SMARTS) is 1. The third-order valence-electron chi connectivity index (χ3n) is 4.85. The predicted octanol–water partition coefficient (Wildman–Crippen LogP) is -2.13. The number of aliphatic hydroxyl groups excluding tert-OH is 1. The van der Waals surface area contributed by atoms with E-state index in [1.165, 1.54) is 6.92 Å². The number of hydrogen-bond acceptors (Lipinski definition) is 7. The minimum atomic E-state index is -1.49. The monoisotopic (exact) mass is 345 g/mol. The molecule has 0 unspecified atom stereocenters. The fraction of sp³-hybridized carbons (Fsp3) is 0.857. The van der Waals surface area contributed by atoms with Gasteiger partial charge in [-0.05, 0) is 38.4 Å². The molecule has 1 aliphatic carbocycles. The summed E-state index contributed by atoms with van der Waals surface area (Å²) in [6.45, 7) is 1.47. The van der Waals surface area contributed by atoms with E-state index in [0.29, 0.717) is 19.3 Å². The number of hydrogen-bond donors (Lipinski definition) is 7. The summed E-state index contributed by atoms with van der Waals surface area (Å²) in [4.78, 5) is 23.5. The fourth-order valence-electron chi connectivity index (χ4n) is 3.18. The Morgan fingerprint density at radius 1 is 1.38 bits per heavy atom. The zero-order chi connectivity index (χ0) is 18.5. The fourth-order valence-corrected chi connectivity index (χ4v) is 3.18. The maximum absolute atomic E-state index is 11.8. The van der Waals surface area contributed by atoms with Gasteiger partial charge in [0.15, 0.2) is 0 Å². The number of carbonyl (C=O) groups excluding carboxylic acids is 1. The molecular weight excluding hydrogens is 317 g/mol. The van der Waals surface area contributed by atoms with Crippen LogP contribution >= 0.6 is 0 Å². The van der Waals surface area contributed by atoms with Gasteiger partial charge >= 0.3 is 13.1 Å². The first-order valence-corrected chi connectivity index (χ1v) is 8.17. The Morgan fingerprint density at radius 2 is 2.00 bits per heavy atom. The van der Waals surface area contributed by atoms with E-state index < -0.39 is 42.6 Å². The molecule has 9 nitrogen and oxygen atoms in total. The van der Waals surface area contributed by atoms with Crippen molar-refractivity contribution in [2.24, 2.45) is 23.3 Å². The minimum Gasteiger partial charge on any atom is -0.480 e. The van der Waals surface area contributed by atoms with Gasteiger partial charge < -0.3 is 37.0 Å². The zero-order valence-corrected chi connectivity index (χ0v) is 13.9. The van der Waals surface area contributed by atoms with Crippen LogP contribution in [0.4, 0.5) is 0 Å². The highest BCUT2D eigenvalue weighted by Gasteiger charge is 2.47. The quantitative estimate of drug-likeness (QED) is 0.244. The molecule has 138 valence electrons. The summed E-state index contributed by atoms with van der Waals surface area (Å²) in [7, 11) is -1.42. The number of aliphatic carboxylic acids is 1. The number of nitrogens with two attached hydrogens (primary N) is 2. The van der Waals surface area contributed by atoms with Gasteiger partial charge in [0.1, 0.15) is 11.6 Å². The number of carbonyl (C=O) groups is 2. The highest BCUT2D eigenvalue weighted by molar-refractivity contribution is 6.40. The number of carboxylic acids is 1. The molecule has 10 heteroatoms. The number of amides is 1. The van der Waals surface area contributed by atoms with Gasteiger partial charge in [-0.15, -0.1) is 0 Å². The minimum absolute atomic E-state index is 0.0143. The lowest BCUT2D eigenvalue weighted by molar-refractivity contribution is -0.148. The molecule has 0 spiro atoms. The van der Waals surface area contributed by atoms with Crippen LogP contribution in [0.15, 0.2) is 0 Å². The van der Waals surface area contributed by atoms with E-state index in [4.69, 9.17) is 21.5 Å². The van der Waals surface area contributed by atoms with Crippen LogP contribution in [0, 0.1) is 11.8 Å². The van der Waals surface area contributed by atoms with Gasteiger partial charge in [0.25, 0.3) is 0 Å². The van der Waals surface area contributed by atoms with Gasteiger partial charge in [0.05, 0.1) is 6.10 Å². The smallest absolute Gasteiger partial charge is 0.451 e. The van der Waals surface area contributed by atoms with Crippen molar-refractivity contribution in [1.82, 2.24) is 5.32 Å². The van der Waals surface area contributed by atoms with Gasteiger partial charge in [0, 0.05) is 12.5 Å². The van der Waals surface area contributed by atoms with Crippen LogP contribution in [0.2, 0.25) is 6.32 Å². The molecule has 0 aromatic rings. The Bertz CT molecular complexity index is 450. The number of rotatable bonds is 8. The van der Waals surface area contributed by atoms with E-state index in [9.17, 15) is 19.8 Å². The van der Waals surface area contributed by atoms with E-state index in [0.717, 1.165) is 0 Å². The molecule has 1 amide bonds.